The summed E-state index contributed by atoms with van der Waals surface area (Å²) in [6.45, 7) is 4.78. The normalized spacial score (nSPS) is 16.8. The van der Waals surface area contributed by atoms with Crippen LogP contribution in [-0.4, -0.2) is 35.2 Å². The third-order valence-electron chi connectivity index (χ3n) is 4.20. The number of halogens is 4. The maximum absolute atomic E-state index is 13.2. The van der Waals surface area contributed by atoms with Crippen molar-refractivity contribution in [3.05, 3.63) is 47.1 Å². The summed E-state index contributed by atoms with van der Waals surface area (Å²) in [4.78, 5) is 30.1. The summed E-state index contributed by atoms with van der Waals surface area (Å²) < 4.78 is 44.8. The fourth-order valence-electron chi connectivity index (χ4n) is 2.94. The van der Waals surface area contributed by atoms with Gasteiger partial charge in [0.1, 0.15) is 23.2 Å². The van der Waals surface area contributed by atoms with E-state index in [4.69, 9.17) is 16.3 Å². The van der Waals surface area contributed by atoms with E-state index in [-0.39, 0.29) is 23.1 Å². The highest BCUT2D eigenvalue weighted by Gasteiger charge is 2.35. The van der Waals surface area contributed by atoms with Gasteiger partial charge in [0.15, 0.2) is 0 Å². The molecular weight excluding hydrogens is 437 g/mol. The van der Waals surface area contributed by atoms with Crippen molar-refractivity contribution >= 4 is 40.8 Å². The number of benzene rings is 1. The van der Waals surface area contributed by atoms with Crippen LogP contribution in [0.15, 0.2) is 36.4 Å². The predicted molar refractivity (Wildman–Crippen MR) is 109 cm³/mol. The van der Waals surface area contributed by atoms with E-state index in [1.165, 1.54) is 23.1 Å². The molecule has 0 fully saturated rings. The molecule has 1 aromatic carbocycles. The van der Waals surface area contributed by atoms with Crippen LogP contribution in [0.2, 0.25) is 5.02 Å². The number of para-hydroxylation sites is 1. The number of carbonyl (C=O) groups excluding carboxylic acids is 2. The molecule has 0 spiro atoms. The Labute approximate surface area is 181 Å². The molecule has 2 aromatic rings. The highest BCUT2D eigenvalue weighted by molar-refractivity contribution is 6.34. The van der Waals surface area contributed by atoms with E-state index >= 15 is 0 Å². The van der Waals surface area contributed by atoms with Gasteiger partial charge >= 0.3 is 12.3 Å². The number of pyridine rings is 1. The van der Waals surface area contributed by atoms with Gasteiger partial charge in [-0.25, -0.2) is 9.78 Å². The van der Waals surface area contributed by atoms with Gasteiger partial charge in [-0.05, 0) is 45.0 Å². The summed E-state index contributed by atoms with van der Waals surface area (Å²) in [5.41, 5.74) is -1.36. The van der Waals surface area contributed by atoms with Crippen LogP contribution in [-0.2, 0) is 15.7 Å². The predicted octanol–water partition coefficient (Wildman–Crippen LogP) is 4.74. The van der Waals surface area contributed by atoms with E-state index in [0.29, 0.717) is 5.69 Å². The van der Waals surface area contributed by atoms with Crippen LogP contribution < -0.4 is 15.5 Å². The molecule has 0 unspecified atom stereocenters. The van der Waals surface area contributed by atoms with Crippen LogP contribution in [0.1, 0.15) is 26.5 Å². The molecule has 7 nitrogen and oxygen atoms in total. The quantitative estimate of drug-likeness (QED) is 0.682. The zero-order chi connectivity index (χ0) is 23.0. The molecule has 1 aromatic heterocycles. The second-order valence-corrected chi connectivity index (χ2v) is 8.22. The minimum absolute atomic E-state index is 0.0640. The molecule has 1 aliphatic rings. The molecule has 0 saturated heterocycles. The molecule has 1 aliphatic heterocycles. The van der Waals surface area contributed by atoms with E-state index in [1.807, 2.05) is 0 Å². The van der Waals surface area contributed by atoms with Gasteiger partial charge in [0.05, 0.1) is 22.9 Å². The van der Waals surface area contributed by atoms with Crippen LogP contribution in [0, 0.1) is 0 Å². The Morgan fingerprint density at radius 2 is 1.90 bits per heavy atom. The molecule has 3 rings (SSSR count). The Balaban J connectivity index is 2.02. The Bertz CT molecular complexity index is 1010. The van der Waals surface area contributed by atoms with Gasteiger partial charge in [-0.15, -0.1) is 0 Å². The topological polar surface area (TPSA) is 83.6 Å². The lowest BCUT2D eigenvalue weighted by Gasteiger charge is -2.27. The van der Waals surface area contributed by atoms with E-state index in [0.717, 1.165) is 6.07 Å². The van der Waals surface area contributed by atoms with E-state index < -0.39 is 35.5 Å². The lowest BCUT2D eigenvalue weighted by atomic mass is 10.2. The van der Waals surface area contributed by atoms with Gasteiger partial charge in [0.2, 0.25) is 5.91 Å². The third-order valence-corrected chi connectivity index (χ3v) is 4.52. The first-order chi connectivity index (χ1) is 14.3. The molecule has 0 saturated carbocycles. The first-order valence-electron chi connectivity index (χ1n) is 9.26. The Kier molecular flexibility index (Phi) is 6.04. The van der Waals surface area contributed by atoms with E-state index in [2.05, 4.69) is 15.6 Å². The molecule has 0 bridgehead atoms. The van der Waals surface area contributed by atoms with Gasteiger partial charge in [-0.3, -0.25) is 4.79 Å². The number of ether oxygens (including phenoxy) is 1. The van der Waals surface area contributed by atoms with Crippen molar-refractivity contribution in [3.8, 4) is 0 Å². The second-order valence-electron chi connectivity index (χ2n) is 7.81. The third kappa shape index (κ3) is 5.38. The number of alkyl halides is 3. The maximum Gasteiger partial charge on any atom is 0.433 e. The number of fused-ring (bicyclic) bond motifs is 1. The minimum atomic E-state index is -4.65. The molecular formula is C20H20ClF3N4O3. The van der Waals surface area contributed by atoms with Crippen LogP contribution in [0.25, 0.3) is 0 Å². The SMILES string of the molecule is CC(C)(C)OC(=O)N[C@H]1CN(c2cccc(C(F)(F)F)n2)c2cccc(Cl)c2NC1=O. The largest absolute Gasteiger partial charge is 0.444 e. The molecule has 2 amide bonds. The highest BCUT2D eigenvalue weighted by atomic mass is 35.5. The fraction of sp³-hybridized carbons (Fsp3) is 0.350. The standard InChI is InChI=1S/C20H20ClF3N4O3/c1-19(2,3)31-18(30)25-12-10-28(15-9-5-8-14(26-15)20(22,23)24)13-7-4-6-11(21)16(13)27-17(12)29/h4-9,12H,10H2,1-3H3,(H,25,30)(H,27,29)/t12-/m0/s1. The number of nitrogens with one attached hydrogen (secondary N) is 2. The Morgan fingerprint density at radius 3 is 2.55 bits per heavy atom. The maximum atomic E-state index is 13.2. The number of hydrogen-bond donors (Lipinski definition) is 2. The monoisotopic (exact) mass is 456 g/mol. The van der Waals surface area contributed by atoms with Gasteiger partial charge in [-0.1, -0.05) is 23.7 Å². The molecule has 0 radical (unpaired) electrons. The van der Waals surface area contributed by atoms with Gasteiger partial charge < -0.3 is 20.3 Å². The Morgan fingerprint density at radius 1 is 1.23 bits per heavy atom. The number of alkyl carbamates (subject to hydrolysis) is 1. The number of carbonyl (C=O) groups is 2. The van der Waals surface area contributed by atoms with Gasteiger partial charge in [-0.2, -0.15) is 13.2 Å². The lowest BCUT2D eigenvalue weighted by molar-refractivity contribution is -0.141. The fourth-order valence-corrected chi connectivity index (χ4v) is 3.16. The number of aromatic nitrogens is 1. The van der Waals surface area contributed by atoms with E-state index in [1.54, 1.807) is 32.9 Å². The number of anilines is 3. The number of rotatable bonds is 2. The molecule has 1 atom stereocenters. The lowest BCUT2D eigenvalue weighted by Crippen LogP contribution is -2.49. The summed E-state index contributed by atoms with van der Waals surface area (Å²) in [5, 5.41) is 5.26. The van der Waals surface area contributed by atoms with Gasteiger partial charge in [0, 0.05) is 0 Å². The first-order valence-corrected chi connectivity index (χ1v) is 9.63. The average molecular weight is 457 g/mol. The minimum Gasteiger partial charge on any atom is -0.444 e. The van der Waals surface area contributed by atoms with Crippen molar-refractivity contribution in [1.29, 1.82) is 0 Å². The van der Waals surface area contributed by atoms with Crippen molar-refractivity contribution < 1.29 is 27.5 Å². The molecule has 11 heteroatoms. The van der Waals surface area contributed by atoms with Crippen LogP contribution in [0.5, 0.6) is 0 Å². The zero-order valence-corrected chi connectivity index (χ0v) is 17.6. The molecule has 2 N–H and O–H groups in total. The Hall–Kier alpha value is -3.01. The number of hydrogen-bond acceptors (Lipinski definition) is 5. The van der Waals surface area contributed by atoms with E-state index in [9.17, 15) is 22.8 Å². The molecule has 166 valence electrons. The molecule has 0 aliphatic carbocycles. The smallest absolute Gasteiger partial charge is 0.433 e. The highest BCUT2D eigenvalue weighted by Crippen LogP contribution is 2.39. The van der Waals surface area contributed by atoms with Gasteiger partial charge in [0.25, 0.3) is 0 Å². The summed E-state index contributed by atoms with van der Waals surface area (Å²) in [5.74, 6) is -0.666. The molecule has 31 heavy (non-hydrogen) atoms. The second kappa shape index (κ2) is 8.26. The molecule has 2 heterocycles. The van der Waals surface area contributed by atoms with Crippen molar-refractivity contribution in [2.24, 2.45) is 0 Å². The summed E-state index contributed by atoms with van der Waals surface area (Å²) in [6.07, 6.45) is -5.50. The summed E-state index contributed by atoms with van der Waals surface area (Å²) in [7, 11) is 0. The van der Waals surface area contributed by atoms with Crippen molar-refractivity contribution in [2.45, 2.75) is 38.6 Å². The number of amides is 2. The number of nitrogens with zero attached hydrogens (tertiary/aromatic N) is 2. The van der Waals surface area contributed by atoms with Crippen LogP contribution in [0.3, 0.4) is 0 Å². The van der Waals surface area contributed by atoms with Crippen molar-refractivity contribution in [1.82, 2.24) is 10.3 Å². The summed E-state index contributed by atoms with van der Waals surface area (Å²) >= 11 is 6.22. The average Bonchev–Trinajstić information content (AvgIpc) is 2.78. The summed E-state index contributed by atoms with van der Waals surface area (Å²) in [6, 6.07) is 6.98. The first kappa shape index (κ1) is 22.7. The van der Waals surface area contributed by atoms with Crippen LogP contribution >= 0.6 is 11.6 Å². The zero-order valence-electron chi connectivity index (χ0n) is 16.9. The van der Waals surface area contributed by atoms with Crippen LogP contribution in [0.4, 0.5) is 35.2 Å². The van der Waals surface area contributed by atoms with Crippen molar-refractivity contribution in [2.75, 3.05) is 16.8 Å². The van der Waals surface area contributed by atoms with Crippen molar-refractivity contribution in [3.63, 3.8) is 0 Å².